The standard InChI is InChI=1S/C20H25O7P/c1-22-11-12-27-28(18-10-9-14(23-2)13-17(18)26-5)20(21)19-15(24-3)7-6-8-16(19)25-4/h6-10,13H,11-12H2,1-5H3. The summed E-state index contributed by atoms with van der Waals surface area (Å²) in [4.78, 5) is 13.5. The van der Waals surface area contributed by atoms with Crippen LogP contribution in [-0.4, -0.2) is 54.3 Å². The van der Waals surface area contributed by atoms with Gasteiger partial charge in [0.25, 0.3) is 0 Å². The van der Waals surface area contributed by atoms with Gasteiger partial charge in [0, 0.05) is 13.2 Å². The van der Waals surface area contributed by atoms with E-state index in [0.29, 0.717) is 40.5 Å². The number of ether oxygens (including phenoxy) is 5. The molecule has 7 nitrogen and oxygen atoms in total. The Morgan fingerprint density at radius 3 is 2.00 bits per heavy atom. The molecule has 0 spiro atoms. The average Bonchev–Trinajstić information content (AvgIpc) is 2.75. The van der Waals surface area contributed by atoms with E-state index in [4.69, 9.17) is 28.2 Å². The second kappa shape index (κ2) is 10.9. The van der Waals surface area contributed by atoms with Crippen LogP contribution in [0.1, 0.15) is 10.4 Å². The Hall–Kier alpha value is -2.34. The van der Waals surface area contributed by atoms with Gasteiger partial charge >= 0.3 is 0 Å². The van der Waals surface area contributed by atoms with Crippen molar-refractivity contribution in [1.29, 1.82) is 0 Å². The van der Waals surface area contributed by atoms with Crippen molar-refractivity contribution in [2.75, 3.05) is 48.8 Å². The van der Waals surface area contributed by atoms with E-state index in [9.17, 15) is 4.79 Å². The van der Waals surface area contributed by atoms with E-state index in [1.54, 1.807) is 50.6 Å². The molecule has 0 aromatic heterocycles. The zero-order valence-corrected chi connectivity index (χ0v) is 17.6. The lowest BCUT2D eigenvalue weighted by molar-refractivity contribution is 0.105. The van der Waals surface area contributed by atoms with Crippen molar-refractivity contribution in [1.82, 2.24) is 0 Å². The third-order valence-electron chi connectivity index (χ3n) is 3.94. The Labute approximate surface area is 166 Å². The Bertz CT molecular complexity index is 772. The molecule has 2 aromatic rings. The Balaban J connectivity index is 2.54. The highest BCUT2D eigenvalue weighted by Gasteiger charge is 2.31. The van der Waals surface area contributed by atoms with Gasteiger partial charge < -0.3 is 28.2 Å². The van der Waals surface area contributed by atoms with Crippen molar-refractivity contribution in [3.05, 3.63) is 42.0 Å². The van der Waals surface area contributed by atoms with Crippen LogP contribution in [0.4, 0.5) is 0 Å². The fourth-order valence-electron chi connectivity index (χ4n) is 2.57. The fourth-order valence-corrected chi connectivity index (χ4v) is 4.29. The highest BCUT2D eigenvalue weighted by atomic mass is 31.1. The van der Waals surface area contributed by atoms with Crippen LogP contribution in [0.5, 0.6) is 23.0 Å². The summed E-state index contributed by atoms with van der Waals surface area (Å²) in [6.45, 7) is 0.605. The van der Waals surface area contributed by atoms with Crippen molar-refractivity contribution in [2.24, 2.45) is 0 Å². The predicted molar refractivity (Wildman–Crippen MR) is 108 cm³/mol. The maximum atomic E-state index is 13.5. The van der Waals surface area contributed by atoms with E-state index in [1.807, 2.05) is 0 Å². The number of benzene rings is 2. The summed E-state index contributed by atoms with van der Waals surface area (Å²) < 4.78 is 32.5. The Morgan fingerprint density at radius 1 is 0.821 bits per heavy atom. The molecule has 0 N–H and O–H groups in total. The highest BCUT2D eigenvalue weighted by molar-refractivity contribution is 7.78. The van der Waals surface area contributed by atoms with Gasteiger partial charge in [-0.25, -0.2) is 0 Å². The van der Waals surface area contributed by atoms with E-state index in [0.717, 1.165) is 0 Å². The summed E-state index contributed by atoms with van der Waals surface area (Å²) in [5, 5.41) is 0.632. The lowest BCUT2D eigenvalue weighted by atomic mass is 10.2. The molecule has 152 valence electrons. The van der Waals surface area contributed by atoms with Gasteiger partial charge in [-0.05, 0) is 24.3 Å². The fraction of sp³-hybridized carbons (Fsp3) is 0.350. The number of carbonyl (C=O) groups excluding carboxylic acids is 1. The van der Waals surface area contributed by atoms with Gasteiger partial charge in [0.1, 0.15) is 36.7 Å². The molecule has 2 rings (SSSR count). The molecular weight excluding hydrogens is 383 g/mol. The number of methoxy groups -OCH3 is 5. The summed E-state index contributed by atoms with van der Waals surface area (Å²) in [6, 6.07) is 10.4. The van der Waals surface area contributed by atoms with E-state index >= 15 is 0 Å². The zero-order valence-electron chi connectivity index (χ0n) is 16.7. The smallest absolute Gasteiger partial charge is 0.223 e. The average molecular weight is 408 g/mol. The van der Waals surface area contributed by atoms with E-state index in [2.05, 4.69) is 0 Å². The minimum absolute atomic E-state index is 0.246. The summed E-state index contributed by atoms with van der Waals surface area (Å²) >= 11 is 0. The van der Waals surface area contributed by atoms with Crippen molar-refractivity contribution < 1.29 is 33.0 Å². The van der Waals surface area contributed by atoms with Gasteiger partial charge in [-0.1, -0.05) is 6.07 Å². The van der Waals surface area contributed by atoms with E-state index in [1.165, 1.54) is 21.3 Å². The SMILES string of the molecule is COCCOP(C(=O)c1c(OC)cccc1OC)c1ccc(OC)cc1OC. The lowest BCUT2D eigenvalue weighted by Crippen LogP contribution is -2.17. The molecule has 2 aromatic carbocycles. The normalized spacial score (nSPS) is 11.6. The van der Waals surface area contributed by atoms with Crippen LogP contribution in [0, 0.1) is 0 Å². The molecule has 0 saturated carbocycles. The number of hydrogen-bond donors (Lipinski definition) is 0. The number of rotatable bonds is 11. The first-order chi connectivity index (χ1) is 13.6. The third kappa shape index (κ3) is 4.93. The summed E-state index contributed by atoms with van der Waals surface area (Å²) in [5.74, 6) is 1.96. The quantitative estimate of drug-likeness (QED) is 0.417. The Kier molecular flexibility index (Phi) is 8.51. The molecule has 0 saturated heterocycles. The van der Waals surface area contributed by atoms with Gasteiger partial charge in [-0.3, -0.25) is 4.79 Å². The minimum atomic E-state index is -1.75. The van der Waals surface area contributed by atoms with Gasteiger partial charge in [-0.15, -0.1) is 0 Å². The monoisotopic (exact) mass is 408 g/mol. The molecule has 0 bridgehead atoms. The minimum Gasteiger partial charge on any atom is -0.497 e. The topological polar surface area (TPSA) is 72.5 Å². The maximum Gasteiger partial charge on any atom is 0.223 e. The van der Waals surface area contributed by atoms with Crippen LogP contribution in [0.25, 0.3) is 0 Å². The van der Waals surface area contributed by atoms with Gasteiger partial charge in [0.05, 0.1) is 47.0 Å². The second-order valence-corrected chi connectivity index (χ2v) is 7.24. The van der Waals surface area contributed by atoms with Crippen molar-refractivity contribution in [2.45, 2.75) is 0 Å². The molecule has 0 amide bonds. The molecule has 0 radical (unpaired) electrons. The summed E-state index contributed by atoms with van der Waals surface area (Å²) in [7, 11) is 5.94. The van der Waals surface area contributed by atoms with Crippen LogP contribution in [-0.2, 0) is 9.26 Å². The van der Waals surface area contributed by atoms with Crippen LogP contribution < -0.4 is 24.3 Å². The summed E-state index contributed by atoms with van der Waals surface area (Å²) in [5.41, 5.74) is 0.0813. The lowest BCUT2D eigenvalue weighted by Gasteiger charge is -2.21. The summed E-state index contributed by atoms with van der Waals surface area (Å²) in [6.07, 6.45) is 0. The van der Waals surface area contributed by atoms with E-state index in [-0.39, 0.29) is 12.1 Å². The van der Waals surface area contributed by atoms with Crippen molar-refractivity contribution in [3.63, 3.8) is 0 Å². The maximum absolute atomic E-state index is 13.5. The number of hydrogen-bond acceptors (Lipinski definition) is 7. The third-order valence-corrected chi connectivity index (χ3v) is 5.78. The van der Waals surface area contributed by atoms with Gasteiger partial charge in [-0.2, -0.15) is 0 Å². The molecule has 0 heterocycles. The molecule has 0 aliphatic rings. The molecule has 0 aliphatic heterocycles. The van der Waals surface area contributed by atoms with E-state index < -0.39 is 8.15 Å². The van der Waals surface area contributed by atoms with Crippen LogP contribution in [0.15, 0.2) is 36.4 Å². The predicted octanol–water partition coefficient (Wildman–Crippen LogP) is 3.25. The van der Waals surface area contributed by atoms with Gasteiger partial charge in [0.2, 0.25) is 5.52 Å². The van der Waals surface area contributed by atoms with Crippen molar-refractivity contribution >= 4 is 19.0 Å². The number of carbonyl (C=O) groups is 1. The van der Waals surface area contributed by atoms with Crippen LogP contribution in [0.3, 0.4) is 0 Å². The molecule has 0 fully saturated rings. The highest BCUT2D eigenvalue weighted by Crippen LogP contribution is 2.47. The molecular formula is C20H25O7P. The Morgan fingerprint density at radius 2 is 1.46 bits per heavy atom. The second-order valence-electron chi connectivity index (χ2n) is 5.50. The zero-order chi connectivity index (χ0) is 20.5. The molecule has 0 aliphatic carbocycles. The van der Waals surface area contributed by atoms with Crippen LogP contribution >= 0.6 is 8.15 Å². The van der Waals surface area contributed by atoms with Crippen LogP contribution in [0.2, 0.25) is 0 Å². The van der Waals surface area contributed by atoms with Gasteiger partial charge in [0.15, 0.2) is 0 Å². The molecule has 1 unspecified atom stereocenters. The first kappa shape index (κ1) is 22.0. The molecule has 1 atom stereocenters. The van der Waals surface area contributed by atoms with Crippen molar-refractivity contribution in [3.8, 4) is 23.0 Å². The first-order valence-corrected chi connectivity index (χ1v) is 9.76. The molecule has 28 heavy (non-hydrogen) atoms. The largest absolute Gasteiger partial charge is 0.497 e. The molecule has 8 heteroatoms. The first-order valence-electron chi connectivity index (χ1n) is 8.50.